The Morgan fingerprint density at radius 1 is 1.26 bits per heavy atom. The van der Waals surface area contributed by atoms with Crippen molar-refractivity contribution >= 4 is 11.0 Å². The first kappa shape index (κ1) is 15.0. The van der Waals surface area contributed by atoms with Gasteiger partial charge in [0, 0.05) is 25.1 Å². The van der Waals surface area contributed by atoms with Crippen molar-refractivity contribution in [1.29, 1.82) is 0 Å². The van der Waals surface area contributed by atoms with Gasteiger partial charge in [0.25, 0.3) is 0 Å². The fourth-order valence-electron chi connectivity index (χ4n) is 3.94. The molecule has 2 aromatic rings. The normalized spacial score (nSPS) is 22.1. The minimum atomic E-state index is 0.669. The van der Waals surface area contributed by atoms with Crippen molar-refractivity contribution in [3.63, 3.8) is 0 Å². The maximum Gasteiger partial charge on any atom is 0.121 e. The molecule has 2 aliphatic rings. The molecule has 0 N–H and O–H groups in total. The molecule has 124 valence electrons. The van der Waals surface area contributed by atoms with Crippen LogP contribution in [0.1, 0.15) is 50.8 Å². The van der Waals surface area contributed by atoms with Crippen LogP contribution in [-0.2, 0) is 6.67 Å². The average Bonchev–Trinajstić information content (AvgIpc) is 3.22. The van der Waals surface area contributed by atoms with Gasteiger partial charge in [-0.05, 0) is 43.7 Å². The Morgan fingerprint density at radius 2 is 2.13 bits per heavy atom. The van der Waals surface area contributed by atoms with Crippen LogP contribution in [0.4, 0.5) is 0 Å². The monoisotopic (exact) mass is 313 g/mol. The molecule has 0 radical (unpaired) electrons. The number of likely N-dealkylation sites (tertiary alicyclic amines) is 1. The summed E-state index contributed by atoms with van der Waals surface area (Å²) in [7, 11) is 1.74. The predicted octanol–water partition coefficient (Wildman–Crippen LogP) is 4.00. The molecule has 0 bridgehead atoms. The highest BCUT2D eigenvalue weighted by Crippen LogP contribution is 2.41. The van der Waals surface area contributed by atoms with Crippen LogP contribution in [0.5, 0.6) is 5.75 Å². The zero-order chi connectivity index (χ0) is 15.8. The van der Waals surface area contributed by atoms with Gasteiger partial charge >= 0.3 is 0 Å². The molecule has 0 spiro atoms. The first-order chi connectivity index (χ1) is 11.3. The van der Waals surface area contributed by atoms with Crippen LogP contribution in [0.2, 0.25) is 0 Å². The summed E-state index contributed by atoms with van der Waals surface area (Å²) in [6, 6.07) is 6.26. The number of methoxy groups -OCH3 is 1. The largest absolute Gasteiger partial charge is 0.497 e. The Labute approximate surface area is 138 Å². The Balaban J connectivity index is 1.63. The summed E-state index contributed by atoms with van der Waals surface area (Å²) < 4.78 is 7.88. The summed E-state index contributed by atoms with van der Waals surface area (Å²) >= 11 is 0. The van der Waals surface area contributed by atoms with Gasteiger partial charge < -0.3 is 9.30 Å². The molecule has 2 heterocycles. The number of hydrogen-bond acceptors (Lipinski definition) is 3. The molecule has 1 aliphatic heterocycles. The summed E-state index contributed by atoms with van der Waals surface area (Å²) in [6.07, 6.45) is 6.60. The summed E-state index contributed by atoms with van der Waals surface area (Å²) in [5, 5.41) is 0. The molecule has 0 amide bonds. The number of nitrogens with zero attached hydrogens (tertiary/aromatic N) is 3. The van der Waals surface area contributed by atoms with E-state index in [-0.39, 0.29) is 0 Å². The third-order valence-corrected chi connectivity index (χ3v) is 5.34. The second-order valence-electron chi connectivity index (χ2n) is 7.19. The maximum absolute atomic E-state index is 5.43. The zero-order valence-electron chi connectivity index (χ0n) is 14.3. The zero-order valence-corrected chi connectivity index (χ0v) is 14.3. The molecule has 1 saturated heterocycles. The summed E-state index contributed by atoms with van der Waals surface area (Å²) in [6.45, 7) is 5.74. The highest BCUT2D eigenvalue weighted by Gasteiger charge is 2.31. The Hall–Kier alpha value is -1.55. The standard InChI is InChI=1S/C19H27N3O/c1-3-4-14-9-10-21(12-14)13-22-18-11-16(23-2)7-8-17(18)20-19(22)15-5-6-15/h7-8,11,14-15H,3-6,9-10,12-13H2,1-2H3. The molecule has 1 saturated carbocycles. The van der Waals surface area contributed by atoms with E-state index in [0.717, 1.165) is 23.9 Å². The number of imidazole rings is 1. The molecule has 1 unspecified atom stereocenters. The molecule has 4 nitrogen and oxygen atoms in total. The van der Waals surface area contributed by atoms with E-state index in [1.165, 1.54) is 56.5 Å². The van der Waals surface area contributed by atoms with Crippen molar-refractivity contribution in [2.24, 2.45) is 5.92 Å². The van der Waals surface area contributed by atoms with Crippen molar-refractivity contribution in [2.75, 3.05) is 20.2 Å². The quantitative estimate of drug-likeness (QED) is 0.807. The van der Waals surface area contributed by atoms with E-state index in [0.29, 0.717) is 5.92 Å². The lowest BCUT2D eigenvalue weighted by atomic mass is 10.0. The van der Waals surface area contributed by atoms with Crippen molar-refractivity contribution in [2.45, 2.75) is 51.6 Å². The Bertz CT molecular complexity index is 689. The first-order valence-corrected chi connectivity index (χ1v) is 9.05. The van der Waals surface area contributed by atoms with Crippen LogP contribution in [0.15, 0.2) is 18.2 Å². The lowest BCUT2D eigenvalue weighted by Crippen LogP contribution is -2.25. The van der Waals surface area contributed by atoms with Gasteiger partial charge in [-0.15, -0.1) is 0 Å². The number of ether oxygens (including phenoxy) is 1. The van der Waals surface area contributed by atoms with Gasteiger partial charge in [0.15, 0.2) is 0 Å². The van der Waals surface area contributed by atoms with Gasteiger partial charge in [-0.3, -0.25) is 4.90 Å². The van der Waals surface area contributed by atoms with E-state index in [9.17, 15) is 0 Å². The van der Waals surface area contributed by atoms with Gasteiger partial charge in [-0.1, -0.05) is 13.3 Å². The van der Waals surface area contributed by atoms with Crippen LogP contribution >= 0.6 is 0 Å². The van der Waals surface area contributed by atoms with E-state index in [2.05, 4.69) is 28.5 Å². The second-order valence-corrected chi connectivity index (χ2v) is 7.19. The van der Waals surface area contributed by atoms with Crippen molar-refractivity contribution in [3.8, 4) is 5.75 Å². The van der Waals surface area contributed by atoms with Crippen LogP contribution in [0, 0.1) is 5.92 Å². The summed E-state index contributed by atoms with van der Waals surface area (Å²) in [5.74, 6) is 3.76. The number of hydrogen-bond donors (Lipinski definition) is 0. The van der Waals surface area contributed by atoms with Crippen LogP contribution in [0.25, 0.3) is 11.0 Å². The number of fused-ring (bicyclic) bond motifs is 1. The third-order valence-electron chi connectivity index (χ3n) is 5.34. The second kappa shape index (κ2) is 6.16. The topological polar surface area (TPSA) is 30.3 Å². The molecular formula is C19H27N3O. The van der Waals surface area contributed by atoms with E-state index in [1.807, 2.05) is 6.07 Å². The fraction of sp³-hybridized carbons (Fsp3) is 0.632. The van der Waals surface area contributed by atoms with Gasteiger partial charge in [-0.2, -0.15) is 0 Å². The lowest BCUT2D eigenvalue weighted by molar-refractivity contribution is 0.258. The smallest absolute Gasteiger partial charge is 0.121 e. The van der Waals surface area contributed by atoms with Crippen molar-refractivity contribution < 1.29 is 4.74 Å². The van der Waals surface area contributed by atoms with Crippen molar-refractivity contribution in [3.05, 3.63) is 24.0 Å². The molecule has 2 fully saturated rings. The van der Waals surface area contributed by atoms with E-state index in [4.69, 9.17) is 9.72 Å². The van der Waals surface area contributed by atoms with Gasteiger partial charge in [0.1, 0.15) is 11.6 Å². The number of aromatic nitrogens is 2. The van der Waals surface area contributed by atoms with Gasteiger partial charge in [0.2, 0.25) is 0 Å². The maximum atomic E-state index is 5.43. The summed E-state index contributed by atoms with van der Waals surface area (Å²) in [4.78, 5) is 7.53. The molecule has 1 atom stereocenters. The Morgan fingerprint density at radius 3 is 2.87 bits per heavy atom. The van der Waals surface area contributed by atoms with E-state index >= 15 is 0 Å². The first-order valence-electron chi connectivity index (χ1n) is 9.05. The van der Waals surface area contributed by atoms with Crippen LogP contribution in [0.3, 0.4) is 0 Å². The van der Waals surface area contributed by atoms with Gasteiger partial charge in [0.05, 0.1) is 24.8 Å². The minimum Gasteiger partial charge on any atom is -0.497 e. The molecule has 1 aromatic heterocycles. The van der Waals surface area contributed by atoms with E-state index in [1.54, 1.807) is 7.11 Å². The highest BCUT2D eigenvalue weighted by molar-refractivity contribution is 5.78. The van der Waals surface area contributed by atoms with Crippen LogP contribution < -0.4 is 4.74 Å². The third kappa shape index (κ3) is 2.97. The molecule has 23 heavy (non-hydrogen) atoms. The number of benzene rings is 1. The minimum absolute atomic E-state index is 0.669. The molecule has 1 aliphatic carbocycles. The van der Waals surface area contributed by atoms with E-state index < -0.39 is 0 Å². The SMILES string of the molecule is CCCC1CCN(Cn2c(C3CC3)nc3ccc(OC)cc32)C1. The van der Waals surface area contributed by atoms with Crippen molar-refractivity contribution in [1.82, 2.24) is 14.5 Å². The highest BCUT2D eigenvalue weighted by atomic mass is 16.5. The lowest BCUT2D eigenvalue weighted by Gasteiger charge is -2.19. The Kier molecular flexibility index (Phi) is 4.02. The van der Waals surface area contributed by atoms with Gasteiger partial charge in [-0.25, -0.2) is 4.98 Å². The molecule has 1 aromatic carbocycles. The molecule has 4 heteroatoms. The predicted molar refractivity (Wildman–Crippen MR) is 92.8 cm³/mol. The summed E-state index contributed by atoms with van der Waals surface area (Å²) in [5.41, 5.74) is 2.34. The number of rotatable bonds is 6. The molecular weight excluding hydrogens is 286 g/mol. The molecule has 4 rings (SSSR count). The average molecular weight is 313 g/mol. The van der Waals surface area contributed by atoms with Crippen LogP contribution in [-0.4, -0.2) is 34.7 Å². The fourth-order valence-corrected chi connectivity index (χ4v) is 3.94.